The summed E-state index contributed by atoms with van der Waals surface area (Å²) in [6, 6.07) is 14.4. The van der Waals surface area contributed by atoms with Crippen molar-refractivity contribution in [2.75, 3.05) is 5.32 Å². The van der Waals surface area contributed by atoms with Crippen molar-refractivity contribution in [2.24, 2.45) is 0 Å². The van der Waals surface area contributed by atoms with Gasteiger partial charge in [-0.3, -0.25) is 4.98 Å². The van der Waals surface area contributed by atoms with E-state index in [4.69, 9.17) is 0 Å². The summed E-state index contributed by atoms with van der Waals surface area (Å²) >= 11 is 1.59. The van der Waals surface area contributed by atoms with E-state index in [0.29, 0.717) is 0 Å². The molecule has 1 N–H and O–H groups in total. The third-order valence-corrected chi connectivity index (χ3v) is 5.10. The lowest BCUT2D eigenvalue weighted by molar-refractivity contribution is 0.628. The highest BCUT2D eigenvalue weighted by atomic mass is 32.1. The van der Waals surface area contributed by atoms with E-state index >= 15 is 0 Å². The lowest BCUT2D eigenvalue weighted by Crippen LogP contribution is -2.09. The lowest BCUT2D eigenvalue weighted by Gasteiger charge is -2.14. The predicted octanol–water partition coefficient (Wildman–Crippen LogP) is 5.07. The van der Waals surface area contributed by atoms with Gasteiger partial charge in [-0.25, -0.2) is 14.4 Å². The van der Waals surface area contributed by atoms with Crippen molar-refractivity contribution in [1.29, 1.82) is 0 Å². The van der Waals surface area contributed by atoms with Gasteiger partial charge in [0.05, 0.1) is 22.0 Å². The van der Waals surface area contributed by atoms with Gasteiger partial charge in [0.15, 0.2) is 0 Å². The molecule has 0 fully saturated rings. The number of anilines is 1. The summed E-state index contributed by atoms with van der Waals surface area (Å²) in [7, 11) is 0. The maximum Gasteiger partial charge on any atom is 0.147 e. The van der Waals surface area contributed by atoms with Crippen molar-refractivity contribution in [3.63, 3.8) is 0 Å². The molecule has 4 nitrogen and oxygen atoms in total. The average molecular weight is 350 g/mol. The summed E-state index contributed by atoms with van der Waals surface area (Å²) in [6.07, 6.45) is 3.33. The summed E-state index contributed by atoms with van der Waals surface area (Å²) in [5.41, 5.74) is 2.78. The Labute approximate surface area is 148 Å². The van der Waals surface area contributed by atoms with Crippen molar-refractivity contribution >= 4 is 27.4 Å². The smallest absolute Gasteiger partial charge is 0.147 e. The molecule has 3 aromatic heterocycles. The number of nitrogens with zero attached hydrogens (tertiary/aromatic N) is 3. The molecule has 4 aromatic rings. The molecule has 6 heteroatoms. The lowest BCUT2D eigenvalue weighted by atomic mass is 10.2. The van der Waals surface area contributed by atoms with Crippen LogP contribution in [0.5, 0.6) is 0 Å². The third-order valence-electron chi connectivity index (χ3n) is 3.92. The van der Waals surface area contributed by atoms with Crippen LogP contribution in [-0.2, 0) is 0 Å². The number of hydrogen-bond acceptors (Lipinski definition) is 5. The van der Waals surface area contributed by atoms with Crippen LogP contribution in [-0.4, -0.2) is 15.0 Å². The molecule has 0 saturated heterocycles. The van der Waals surface area contributed by atoms with E-state index in [1.807, 2.05) is 31.2 Å². The van der Waals surface area contributed by atoms with Gasteiger partial charge in [-0.1, -0.05) is 18.2 Å². The van der Waals surface area contributed by atoms with Gasteiger partial charge in [0.1, 0.15) is 18.0 Å². The second-order valence-electron chi connectivity index (χ2n) is 5.67. The third kappa shape index (κ3) is 3.21. The van der Waals surface area contributed by atoms with Crippen LogP contribution >= 0.6 is 11.3 Å². The highest BCUT2D eigenvalue weighted by Crippen LogP contribution is 2.36. The Balaban J connectivity index is 1.69. The number of hydrogen-bond donors (Lipinski definition) is 1. The topological polar surface area (TPSA) is 50.7 Å². The second-order valence-corrected chi connectivity index (χ2v) is 6.73. The summed E-state index contributed by atoms with van der Waals surface area (Å²) in [4.78, 5) is 14.2. The molecule has 0 saturated carbocycles. The SMILES string of the molecule is C[C@@H](Nc1ncnc2cc(-c3ccc(F)cc3)sc12)c1ccccn1. The fraction of sp³-hybridized carbons (Fsp3) is 0.105. The normalized spacial score (nSPS) is 12.2. The summed E-state index contributed by atoms with van der Waals surface area (Å²) in [5.74, 6) is 0.540. The Morgan fingerprint density at radius 1 is 1.04 bits per heavy atom. The van der Waals surface area contributed by atoms with Crippen LogP contribution in [0.1, 0.15) is 18.7 Å². The molecule has 0 unspecified atom stereocenters. The predicted molar refractivity (Wildman–Crippen MR) is 99.1 cm³/mol. The zero-order chi connectivity index (χ0) is 17.2. The van der Waals surface area contributed by atoms with Crippen LogP contribution in [0.25, 0.3) is 20.7 Å². The molecule has 0 bridgehead atoms. The molecule has 0 aliphatic carbocycles. The number of rotatable bonds is 4. The van der Waals surface area contributed by atoms with Crippen LogP contribution in [0, 0.1) is 5.82 Å². The molecule has 4 rings (SSSR count). The largest absolute Gasteiger partial charge is 0.361 e. The van der Waals surface area contributed by atoms with E-state index in [1.54, 1.807) is 36.0 Å². The summed E-state index contributed by atoms with van der Waals surface area (Å²) in [6.45, 7) is 2.05. The maximum absolute atomic E-state index is 13.1. The first-order valence-corrected chi connectivity index (χ1v) is 8.70. The van der Waals surface area contributed by atoms with E-state index < -0.39 is 0 Å². The first-order valence-electron chi connectivity index (χ1n) is 7.88. The minimum Gasteiger partial charge on any atom is -0.361 e. The Morgan fingerprint density at radius 3 is 2.64 bits per heavy atom. The molecular formula is C19H15FN4S. The van der Waals surface area contributed by atoms with Gasteiger partial charge in [0, 0.05) is 11.1 Å². The maximum atomic E-state index is 13.1. The quantitative estimate of drug-likeness (QED) is 0.558. The second kappa shape index (κ2) is 6.57. The molecule has 0 radical (unpaired) electrons. The molecule has 25 heavy (non-hydrogen) atoms. The van der Waals surface area contributed by atoms with Crippen LogP contribution in [0.2, 0.25) is 0 Å². The van der Waals surface area contributed by atoms with Gasteiger partial charge in [-0.2, -0.15) is 0 Å². The monoisotopic (exact) mass is 350 g/mol. The standard InChI is InChI=1S/C19H15FN4S/c1-12(15-4-2-3-9-21-15)24-19-18-16(22-11-23-19)10-17(25-18)13-5-7-14(20)8-6-13/h2-12H,1H3,(H,22,23,24)/t12-/m1/s1. The van der Waals surface area contributed by atoms with E-state index in [2.05, 4.69) is 20.3 Å². The number of pyridine rings is 1. The van der Waals surface area contributed by atoms with Crippen LogP contribution in [0.15, 0.2) is 61.1 Å². The van der Waals surface area contributed by atoms with Crippen molar-refractivity contribution in [3.8, 4) is 10.4 Å². The van der Waals surface area contributed by atoms with Crippen LogP contribution in [0.4, 0.5) is 10.2 Å². The number of thiophene rings is 1. The minimum atomic E-state index is -0.240. The van der Waals surface area contributed by atoms with Gasteiger partial charge in [-0.05, 0) is 42.8 Å². The number of nitrogens with one attached hydrogen (secondary N) is 1. The number of aromatic nitrogens is 3. The number of benzene rings is 1. The summed E-state index contributed by atoms with van der Waals surface area (Å²) in [5, 5.41) is 3.41. The van der Waals surface area contributed by atoms with Gasteiger partial charge in [0.2, 0.25) is 0 Å². The van der Waals surface area contributed by atoms with Crippen LogP contribution in [0.3, 0.4) is 0 Å². The van der Waals surface area contributed by atoms with E-state index in [0.717, 1.165) is 32.2 Å². The van der Waals surface area contributed by atoms with Gasteiger partial charge in [0.25, 0.3) is 0 Å². The van der Waals surface area contributed by atoms with E-state index in [-0.39, 0.29) is 11.9 Å². The van der Waals surface area contributed by atoms with Crippen molar-refractivity contribution < 1.29 is 4.39 Å². The molecule has 1 aromatic carbocycles. The first-order chi connectivity index (χ1) is 12.2. The fourth-order valence-corrected chi connectivity index (χ4v) is 3.69. The zero-order valence-electron chi connectivity index (χ0n) is 13.5. The van der Waals surface area contributed by atoms with Gasteiger partial charge in [-0.15, -0.1) is 11.3 Å². The van der Waals surface area contributed by atoms with Crippen LogP contribution < -0.4 is 5.32 Å². The Kier molecular flexibility index (Phi) is 4.11. The average Bonchev–Trinajstić information content (AvgIpc) is 3.08. The molecule has 3 heterocycles. The molecule has 124 valence electrons. The Bertz CT molecular complexity index is 999. The van der Waals surface area contributed by atoms with Gasteiger partial charge < -0.3 is 5.32 Å². The molecule has 1 atom stereocenters. The minimum absolute atomic E-state index is 0.0238. The van der Waals surface area contributed by atoms with Crippen molar-refractivity contribution in [1.82, 2.24) is 15.0 Å². The van der Waals surface area contributed by atoms with Crippen molar-refractivity contribution in [3.05, 3.63) is 72.6 Å². The Morgan fingerprint density at radius 2 is 1.88 bits per heavy atom. The molecular weight excluding hydrogens is 335 g/mol. The molecule has 0 amide bonds. The Hall–Kier alpha value is -2.86. The molecule has 0 spiro atoms. The number of halogens is 1. The number of fused-ring (bicyclic) bond motifs is 1. The first kappa shape index (κ1) is 15.7. The molecule has 0 aliphatic heterocycles. The zero-order valence-corrected chi connectivity index (χ0v) is 14.3. The highest BCUT2D eigenvalue weighted by Gasteiger charge is 2.13. The fourth-order valence-electron chi connectivity index (χ4n) is 2.62. The highest BCUT2D eigenvalue weighted by molar-refractivity contribution is 7.22. The molecule has 0 aliphatic rings. The van der Waals surface area contributed by atoms with Crippen molar-refractivity contribution in [2.45, 2.75) is 13.0 Å². The van der Waals surface area contributed by atoms with E-state index in [1.165, 1.54) is 12.1 Å². The van der Waals surface area contributed by atoms with Gasteiger partial charge >= 0.3 is 0 Å². The van der Waals surface area contributed by atoms with E-state index in [9.17, 15) is 4.39 Å². The summed E-state index contributed by atoms with van der Waals surface area (Å²) < 4.78 is 14.1.